The molecule has 2 N–H and O–H groups in total. The summed E-state index contributed by atoms with van der Waals surface area (Å²) >= 11 is 1.39. The summed E-state index contributed by atoms with van der Waals surface area (Å²) in [5.41, 5.74) is 5.69. The van der Waals surface area contributed by atoms with Crippen LogP contribution in [-0.4, -0.2) is 39.1 Å². The molecule has 0 fully saturated rings. The highest BCUT2D eigenvalue weighted by atomic mass is 32.2. The second-order valence-corrected chi connectivity index (χ2v) is 4.44. The quantitative estimate of drug-likeness (QED) is 0.569. The third kappa shape index (κ3) is 2.93. The number of nitrogens with two attached hydrogens (primary N) is 1. The molecule has 0 aromatic carbocycles. The first-order chi connectivity index (χ1) is 7.06. The third-order valence-corrected chi connectivity index (χ3v) is 3.19. The second-order valence-electron chi connectivity index (χ2n) is 3.10. The van der Waals surface area contributed by atoms with Crippen molar-refractivity contribution in [2.75, 3.05) is 7.11 Å². The fourth-order valence-electron chi connectivity index (χ4n) is 0.947. The van der Waals surface area contributed by atoms with E-state index >= 15 is 0 Å². The smallest absolute Gasteiger partial charge is 0.323 e. The van der Waals surface area contributed by atoms with Gasteiger partial charge in [0.1, 0.15) is 12.4 Å². The number of esters is 1. The van der Waals surface area contributed by atoms with Crippen molar-refractivity contribution in [2.45, 2.75) is 23.4 Å². The summed E-state index contributed by atoms with van der Waals surface area (Å²) in [7, 11) is 3.15. The number of ether oxygens (including phenoxy) is 1. The lowest BCUT2D eigenvalue weighted by atomic mass is 10.2. The van der Waals surface area contributed by atoms with E-state index in [2.05, 4.69) is 14.9 Å². The molecule has 0 amide bonds. The van der Waals surface area contributed by atoms with E-state index in [1.165, 1.54) is 18.9 Å². The standard InChI is InChI=1S/C8H14N4O2S/c1-5(6(9)7(13)14-3)15-8-11-10-4-12(8)2/h4-6H,9H2,1-3H3/t5-,6-/m0/s1. The summed E-state index contributed by atoms with van der Waals surface area (Å²) < 4.78 is 6.33. The SMILES string of the molecule is COC(=O)[C@@H](N)[C@H](C)Sc1nncn1C. The summed E-state index contributed by atoms with van der Waals surface area (Å²) in [6.07, 6.45) is 1.60. The normalized spacial score (nSPS) is 14.7. The number of thioether (sulfide) groups is 1. The summed E-state index contributed by atoms with van der Waals surface area (Å²) in [6.45, 7) is 1.85. The van der Waals surface area contributed by atoms with Crippen molar-refractivity contribution in [1.82, 2.24) is 14.8 Å². The molecule has 1 rings (SSSR count). The van der Waals surface area contributed by atoms with Crippen molar-refractivity contribution in [1.29, 1.82) is 0 Å². The lowest BCUT2D eigenvalue weighted by Crippen LogP contribution is -2.39. The summed E-state index contributed by atoms with van der Waals surface area (Å²) in [5, 5.41) is 8.24. The molecule has 0 aliphatic heterocycles. The fraction of sp³-hybridized carbons (Fsp3) is 0.625. The molecular formula is C8H14N4O2S. The fourth-order valence-corrected chi connectivity index (χ4v) is 1.84. The van der Waals surface area contributed by atoms with Crippen LogP contribution in [0.2, 0.25) is 0 Å². The summed E-state index contributed by atoms with van der Waals surface area (Å²) in [5.74, 6) is -0.419. The van der Waals surface area contributed by atoms with Crippen molar-refractivity contribution in [3.63, 3.8) is 0 Å². The van der Waals surface area contributed by atoms with Crippen LogP contribution >= 0.6 is 11.8 Å². The maximum Gasteiger partial charge on any atom is 0.323 e. The minimum atomic E-state index is -0.656. The molecule has 15 heavy (non-hydrogen) atoms. The molecule has 1 aromatic heterocycles. The molecule has 1 heterocycles. The maximum atomic E-state index is 11.2. The number of hydrogen-bond acceptors (Lipinski definition) is 6. The van der Waals surface area contributed by atoms with Gasteiger partial charge in [-0.25, -0.2) is 0 Å². The van der Waals surface area contributed by atoms with Crippen LogP contribution < -0.4 is 5.73 Å². The van der Waals surface area contributed by atoms with E-state index in [-0.39, 0.29) is 5.25 Å². The Kier molecular flexibility index (Phi) is 4.10. The van der Waals surface area contributed by atoms with Crippen LogP contribution in [0.3, 0.4) is 0 Å². The number of nitrogens with zero attached hydrogens (tertiary/aromatic N) is 3. The van der Waals surface area contributed by atoms with Crippen LogP contribution in [0.25, 0.3) is 0 Å². The second kappa shape index (κ2) is 5.13. The van der Waals surface area contributed by atoms with Crippen LogP contribution in [0.4, 0.5) is 0 Å². The van der Waals surface area contributed by atoms with E-state index in [0.717, 1.165) is 5.16 Å². The van der Waals surface area contributed by atoms with E-state index in [1.807, 2.05) is 14.0 Å². The van der Waals surface area contributed by atoms with E-state index in [1.54, 1.807) is 10.9 Å². The minimum Gasteiger partial charge on any atom is -0.468 e. The van der Waals surface area contributed by atoms with Crippen molar-refractivity contribution >= 4 is 17.7 Å². The first-order valence-corrected chi connectivity index (χ1v) is 5.28. The molecule has 0 unspecified atom stereocenters. The number of hydrogen-bond donors (Lipinski definition) is 1. The number of aryl methyl sites for hydroxylation is 1. The van der Waals surface area contributed by atoms with Gasteiger partial charge in [-0.1, -0.05) is 18.7 Å². The summed E-state index contributed by atoms with van der Waals surface area (Å²) in [6, 6.07) is -0.656. The molecule has 0 bridgehead atoms. The van der Waals surface area contributed by atoms with Crippen LogP contribution in [0, 0.1) is 0 Å². The topological polar surface area (TPSA) is 83.0 Å². The Hall–Kier alpha value is -1.08. The molecule has 0 aliphatic carbocycles. The van der Waals surface area contributed by atoms with E-state index in [0.29, 0.717) is 0 Å². The highest BCUT2D eigenvalue weighted by Crippen LogP contribution is 2.21. The lowest BCUT2D eigenvalue weighted by Gasteiger charge is -2.15. The van der Waals surface area contributed by atoms with Gasteiger partial charge in [0, 0.05) is 12.3 Å². The van der Waals surface area contributed by atoms with Crippen molar-refractivity contribution in [2.24, 2.45) is 12.8 Å². The highest BCUT2D eigenvalue weighted by Gasteiger charge is 2.23. The average Bonchev–Trinajstić information content (AvgIpc) is 2.62. The molecule has 0 radical (unpaired) electrons. The number of carbonyl (C=O) groups excluding carboxylic acids is 1. The molecule has 1 aromatic rings. The van der Waals surface area contributed by atoms with Gasteiger partial charge in [0.2, 0.25) is 0 Å². The molecule has 84 valence electrons. The Morgan fingerprint density at radius 3 is 2.87 bits per heavy atom. The molecule has 7 heteroatoms. The van der Waals surface area contributed by atoms with Gasteiger partial charge in [-0.05, 0) is 0 Å². The van der Waals surface area contributed by atoms with E-state index < -0.39 is 12.0 Å². The van der Waals surface area contributed by atoms with Gasteiger partial charge in [0.05, 0.1) is 7.11 Å². The van der Waals surface area contributed by atoms with Gasteiger partial charge < -0.3 is 15.0 Å². The van der Waals surface area contributed by atoms with Gasteiger partial charge in [0.25, 0.3) is 0 Å². The first kappa shape index (κ1) is 12.0. The Labute approximate surface area is 92.2 Å². The highest BCUT2D eigenvalue weighted by molar-refractivity contribution is 7.99. The molecule has 0 saturated carbocycles. The Morgan fingerprint density at radius 2 is 2.40 bits per heavy atom. The Bertz CT molecular complexity index is 341. The largest absolute Gasteiger partial charge is 0.468 e. The Morgan fingerprint density at radius 1 is 1.73 bits per heavy atom. The number of carbonyl (C=O) groups is 1. The Balaban J connectivity index is 2.59. The van der Waals surface area contributed by atoms with Gasteiger partial charge in [-0.3, -0.25) is 4.79 Å². The van der Waals surface area contributed by atoms with Crippen molar-refractivity contribution in [3.8, 4) is 0 Å². The van der Waals surface area contributed by atoms with Crippen molar-refractivity contribution in [3.05, 3.63) is 6.33 Å². The van der Waals surface area contributed by atoms with Crippen LogP contribution in [0.5, 0.6) is 0 Å². The van der Waals surface area contributed by atoms with E-state index in [4.69, 9.17) is 5.73 Å². The molecule has 0 aliphatic rings. The minimum absolute atomic E-state index is 0.111. The van der Waals surface area contributed by atoms with Gasteiger partial charge >= 0.3 is 5.97 Å². The van der Waals surface area contributed by atoms with Crippen LogP contribution in [0.1, 0.15) is 6.92 Å². The van der Waals surface area contributed by atoms with Crippen LogP contribution in [-0.2, 0) is 16.6 Å². The van der Waals surface area contributed by atoms with Gasteiger partial charge in [-0.2, -0.15) is 0 Å². The molecule has 2 atom stereocenters. The van der Waals surface area contributed by atoms with E-state index in [9.17, 15) is 4.79 Å². The third-order valence-electron chi connectivity index (χ3n) is 1.94. The maximum absolute atomic E-state index is 11.2. The number of rotatable bonds is 4. The lowest BCUT2D eigenvalue weighted by molar-refractivity contribution is -0.142. The molecular weight excluding hydrogens is 216 g/mol. The first-order valence-electron chi connectivity index (χ1n) is 4.40. The van der Waals surface area contributed by atoms with Crippen molar-refractivity contribution < 1.29 is 9.53 Å². The molecule has 6 nitrogen and oxygen atoms in total. The predicted octanol–water partition coefficient (Wildman–Crippen LogP) is -0.204. The summed E-state index contributed by atoms with van der Waals surface area (Å²) in [4.78, 5) is 11.2. The van der Waals surface area contributed by atoms with Gasteiger partial charge in [-0.15, -0.1) is 10.2 Å². The molecule has 0 saturated heterocycles. The molecule has 0 spiro atoms. The zero-order valence-corrected chi connectivity index (χ0v) is 9.69. The number of methoxy groups -OCH3 is 1. The zero-order chi connectivity index (χ0) is 11.4. The van der Waals surface area contributed by atoms with Crippen LogP contribution in [0.15, 0.2) is 11.5 Å². The number of aromatic nitrogens is 3. The predicted molar refractivity (Wildman–Crippen MR) is 56.3 cm³/mol. The van der Waals surface area contributed by atoms with Gasteiger partial charge in [0.15, 0.2) is 5.16 Å². The zero-order valence-electron chi connectivity index (χ0n) is 8.88. The monoisotopic (exact) mass is 230 g/mol. The average molecular weight is 230 g/mol.